The summed E-state index contributed by atoms with van der Waals surface area (Å²) in [5.41, 5.74) is 1.85. The zero-order valence-electron chi connectivity index (χ0n) is 15.2. The van der Waals surface area contributed by atoms with Crippen LogP contribution in [0.1, 0.15) is 16.7 Å². The van der Waals surface area contributed by atoms with E-state index in [0.29, 0.717) is 16.7 Å². The van der Waals surface area contributed by atoms with Gasteiger partial charge in [0, 0.05) is 0 Å². The summed E-state index contributed by atoms with van der Waals surface area (Å²) in [6.07, 6.45) is 1.47. The molecule has 28 heavy (non-hydrogen) atoms. The number of carbonyl (C=O) groups is 3. The summed E-state index contributed by atoms with van der Waals surface area (Å²) in [5.74, 6) is -1.83. The largest absolute Gasteiger partial charge is 0.507 e. The van der Waals surface area contributed by atoms with E-state index in [9.17, 15) is 23.9 Å². The van der Waals surface area contributed by atoms with E-state index in [2.05, 4.69) is 10.6 Å². The highest BCUT2D eigenvalue weighted by Crippen LogP contribution is 2.25. The van der Waals surface area contributed by atoms with Crippen LogP contribution in [0.4, 0.5) is 14.9 Å². The second-order valence-corrected chi connectivity index (χ2v) is 6.41. The van der Waals surface area contributed by atoms with Crippen molar-refractivity contribution in [2.75, 3.05) is 11.9 Å². The average Bonchev–Trinajstić information content (AvgIpc) is 2.89. The lowest BCUT2D eigenvalue weighted by molar-refractivity contribution is -0.127. The van der Waals surface area contributed by atoms with E-state index in [1.807, 2.05) is 0 Å². The summed E-state index contributed by atoms with van der Waals surface area (Å²) in [6, 6.07) is 8.18. The summed E-state index contributed by atoms with van der Waals surface area (Å²) in [4.78, 5) is 37.4. The van der Waals surface area contributed by atoms with E-state index in [1.165, 1.54) is 24.3 Å². The molecule has 144 valence electrons. The Morgan fingerprint density at radius 1 is 1.21 bits per heavy atom. The first kappa shape index (κ1) is 19.1. The van der Waals surface area contributed by atoms with Crippen LogP contribution in [0, 0.1) is 19.7 Å². The lowest BCUT2D eigenvalue weighted by atomic mass is 10.0. The van der Waals surface area contributed by atoms with Crippen molar-refractivity contribution in [3.8, 4) is 5.75 Å². The predicted molar refractivity (Wildman–Crippen MR) is 101 cm³/mol. The Morgan fingerprint density at radius 3 is 2.50 bits per heavy atom. The Balaban J connectivity index is 1.75. The number of halogens is 1. The van der Waals surface area contributed by atoms with Crippen LogP contribution in [0.2, 0.25) is 0 Å². The molecule has 0 atom stereocenters. The molecule has 0 aliphatic carbocycles. The number of aryl methyl sites for hydroxylation is 2. The third-order valence-corrected chi connectivity index (χ3v) is 4.24. The van der Waals surface area contributed by atoms with Gasteiger partial charge in [-0.3, -0.25) is 9.59 Å². The number of hydrogen-bond acceptors (Lipinski definition) is 4. The number of benzene rings is 2. The number of para-hydroxylation sites is 1. The average molecular weight is 383 g/mol. The minimum absolute atomic E-state index is 0.00758. The van der Waals surface area contributed by atoms with Gasteiger partial charge in [-0.2, -0.15) is 0 Å². The number of hydrogen-bond donors (Lipinski definition) is 3. The van der Waals surface area contributed by atoms with Crippen LogP contribution in [0.25, 0.3) is 6.08 Å². The van der Waals surface area contributed by atoms with E-state index in [-0.39, 0.29) is 17.1 Å². The van der Waals surface area contributed by atoms with Crippen molar-refractivity contribution in [1.29, 1.82) is 0 Å². The molecule has 0 bridgehead atoms. The molecule has 8 heteroatoms. The molecular formula is C20H18FN3O4. The number of aromatic hydroxyl groups is 1. The first-order valence-electron chi connectivity index (χ1n) is 8.45. The van der Waals surface area contributed by atoms with Crippen LogP contribution in [-0.4, -0.2) is 34.4 Å². The Kier molecular flexibility index (Phi) is 5.12. The molecule has 0 radical (unpaired) electrons. The van der Waals surface area contributed by atoms with Crippen molar-refractivity contribution in [2.45, 2.75) is 13.8 Å². The monoisotopic (exact) mass is 383 g/mol. The van der Waals surface area contributed by atoms with Gasteiger partial charge in [-0.1, -0.05) is 12.1 Å². The normalized spacial score (nSPS) is 15.1. The highest BCUT2D eigenvalue weighted by Gasteiger charge is 2.35. The van der Waals surface area contributed by atoms with E-state index in [4.69, 9.17) is 0 Å². The van der Waals surface area contributed by atoms with Crippen LogP contribution in [0.3, 0.4) is 0 Å². The molecule has 1 saturated heterocycles. The van der Waals surface area contributed by atoms with Crippen molar-refractivity contribution in [3.05, 3.63) is 64.6 Å². The topological polar surface area (TPSA) is 98.7 Å². The number of nitrogens with one attached hydrogen (secondary N) is 2. The number of phenolic OH excluding ortho intramolecular Hbond substituents is 1. The summed E-state index contributed by atoms with van der Waals surface area (Å²) in [5, 5.41) is 14.6. The molecule has 1 heterocycles. The van der Waals surface area contributed by atoms with E-state index in [0.717, 1.165) is 4.90 Å². The SMILES string of the molecule is Cc1cc(/C=C2\NC(=O)N(CC(=O)Nc3ccccc3F)C2=O)cc(C)c1O. The number of nitrogens with zero attached hydrogens (tertiary/aromatic N) is 1. The molecule has 0 aromatic heterocycles. The number of phenols is 1. The fourth-order valence-electron chi connectivity index (χ4n) is 2.85. The third kappa shape index (κ3) is 3.85. The van der Waals surface area contributed by atoms with Crippen molar-refractivity contribution in [2.24, 2.45) is 0 Å². The second-order valence-electron chi connectivity index (χ2n) is 6.41. The van der Waals surface area contributed by atoms with E-state index < -0.39 is 30.2 Å². The Labute approximate surface area is 160 Å². The molecule has 0 unspecified atom stereocenters. The molecule has 0 saturated carbocycles. The maximum atomic E-state index is 13.6. The van der Waals surface area contributed by atoms with Gasteiger partial charge in [0.25, 0.3) is 5.91 Å². The summed E-state index contributed by atoms with van der Waals surface area (Å²) >= 11 is 0. The molecule has 7 nitrogen and oxygen atoms in total. The molecule has 0 spiro atoms. The fourth-order valence-corrected chi connectivity index (χ4v) is 2.85. The first-order valence-corrected chi connectivity index (χ1v) is 8.45. The lowest BCUT2D eigenvalue weighted by Gasteiger charge is -2.12. The minimum atomic E-state index is -0.743. The molecule has 1 aliphatic rings. The summed E-state index contributed by atoms with van der Waals surface area (Å²) < 4.78 is 13.6. The number of anilines is 1. The quantitative estimate of drug-likeness (QED) is 0.558. The zero-order valence-corrected chi connectivity index (χ0v) is 15.2. The third-order valence-electron chi connectivity index (χ3n) is 4.24. The van der Waals surface area contributed by atoms with Gasteiger partial charge in [0.05, 0.1) is 5.69 Å². The second kappa shape index (κ2) is 7.51. The van der Waals surface area contributed by atoms with Gasteiger partial charge in [0.2, 0.25) is 5.91 Å². The number of amides is 4. The molecule has 2 aromatic rings. The maximum Gasteiger partial charge on any atom is 0.329 e. The smallest absolute Gasteiger partial charge is 0.329 e. The standard InChI is InChI=1S/C20H18FN3O4/c1-11-7-13(8-12(2)18(11)26)9-16-19(27)24(20(28)23-16)10-17(25)22-15-6-4-3-5-14(15)21/h3-9,26H,10H2,1-2H3,(H,22,25)(H,23,28)/b16-9-. The predicted octanol–water partition coefficient (Wildman–Crippen LogP) is 2.68. The molecule has 1 aliphatic heterocycles. The van der Waals surface area contributed by atoms with Gasteiger partial charge in [0.1, 0.15) is 23.8 Å². The van der Waals surface area contributed by atoms with E-state index >= 15 is 0 Å². The number of imide groups is 1. The highest BCUT2D eigenvalue weighted by atomic mass is 19.1. The Bertz CT molecular complexity index is 993. The Hall–Kier alpha value is -3.68. The molecule has 4 amide bonds. The number of rotatable bonds is 4. The van der Waals surface area contributed by atoms with Crippen LogP contribution >= 0.6 is 0 Å². The van der Waals surface area contributed by atoms with Crippen LogP contribution in [0.15, 0.2) is 42.1 Å². The molecule has 2 aromatic carbocycles. The van der Waals surface area contributed by atoms with Crippen molar-refractivity contribution < 1.29 is 23.9 Å². The highest BCUT2D eigenvalue weighted by molar-refractivity contribution is 6.15. The van der Waals surface area contributed by atoms with Crippen LogP contribution < -0.4 is 10.6 Å². The van der Waals surface area contributed by atoms with Crippen molar-refractivity contribution >= 4 is 29.6 Å². The van der Waals surface area contributed by atoms with Gasteiger partial charge in [-0.05, 0) is 60.9 Å². The van der Waals surface area contributed by atoms with Crippen LogP contribution in [0.5, 0.6) is 5.75 Å². The summed E-state index contributed by atoms with van der Waals surface area (Å²) in [7, 11) is 0. The number of urea groups is 1. The van der Waals surface area contributed by atoms with Gasteiger partial charge in [-0.25, -0.2) is 14.1 Å². The molecular weight excluding hydrogens is 365 g/mol. The van der Waals surface area contributed by atoms with Gasteiger partial charge >= 0.3 is 6.03 Å². The zero-order chi connectivity index (χ0) is 20.4. The molecule has 3 N–H and O–H groups in total. The maximum absolute atomic E-state index is 13.6. The van der Waals surface area contributed by atoms with E-state index in [1.54, 1.807) is 32.0 Å². The number of carbonyl (C=O) groups excluding carboxylic acids is 3. The first-order chi connectivity index (χ1) is 13.3. The van der Waals surface area contributed by atoms with Gasteiger partial charge in [0.15, 0.2) is 0 Å². The van der Waals surface area contributed by atoms with Crippen molar-refractivity contribution in [1.82, 2.24) is 10.2 Å². The summed E-state index contributed by atoms with van der Waals surface area (Å²) in [6.45, 7) is 2.89. The van der Waals surface area contributed by atoms with Gasteiger partial charge in [-0.15, -0.1) is 0 Å². The molecule has 3 rings (SSSR count). The van der Waals surface area contributed by atoms with Crippen molar-refractivity contribution in [3.63, 3.8) is 0 Å². The molecule has 1 fully saturated rings. The fraction of sp³-hybridized carbons (Fsp3) is 0.150. The minimum Gasteiger partial charge on any atom is -0.507 e. The lowest BCUT2D eigenvalue weighted by Crippen LogP contribution is -2.38. The van der Waals surface area contributed by atoms with Crippen LogP contribution in [-0.2, 0) is 9.59 Å². The Morgan fingerprint density at radius 2 is 1.86 bits per heavy atom. The van der Waals surface area contributed by atoms with Gasteiger partial charge < -0.3 is 15.7 Å².